The summed E-state index contributed by atoms with van der Waals surface area (Å²) in [5, 5.41) is 11.4. The van der Waals surface area contributed by atoms with Gasteiger partial charge in [0, 0.05) is 20.5 Å². The van der Waals surface area contributed by atoms with Gasteiger partial charge in [0.25, 0.3) is 0 Å². The molecule has 2 aliphatic heterocycles. The molecule has 9 heteroatoms. The zero-order valence-corrected chi connectivity index (χ0v) is 19.9. The van der Waals surface area contributed by atoms with Crippen LogP contribution in [-0.2, 0) is 22.5 Å². The Bertz CT molecular complexity index is 929. The second-order valence-electron chi connectivity index (χ2n) is 8.86. The largest absolute Gasteiger partial charge is 0.420 e. The van der Waals surface area contributed by atoms with Gasteiger partial charge < -0.3 is 19.5 Å². The van der Waals surface area contributed by atoms with Crippen LogP contribution in [0.1, 0.15) is 24.0 Å². The van der Waals surface area contributed by atoms with Gasteiger partial charge in [-0.05, 0) is 24.0 Å². The molecule has 4 rings (SSSR count). The van der Waals surface area contributed by atoms with E-state index in [1.165, 1.54) is 11.8 Å². The van der Waals surface area contributed by atoms with Gasteiger partial charge in [0.05, 0.1) is 18.8 Å². The Morgan fingerprint density at radius 3 is 2.26 bits per heavy atom. The summed E-state index contributed by atoms with van der Waals surface area (Å²) in [4.78, 5) is 6.24. The van der Waals surface area contributed by atoms with E-state index in [4.69, 9.17) is 9.47 Å². The third kappa shape index (κ3) is 5.27. The number of aliphatic hydroxyl groups excluding tert-OH is 1. The predicted molar refractivity (Wildman–Crippen MR) is 127 cm³/mol. The molecule has 1 fully saturated rings. The molecule has 0 saturated carbocycles. The lowest BCUT2D eigenvalue weighted by molar-refractivity contribution is -0.328. The average molecular weight is 495 g/mol. The number of amidine groups is 1. The van der Waals surface area contributed by atoms with Crippen LogP contribution in [0.5, 0.6) is 0 Å². The van der Waals surface area contributed by atoms with Crippen molar-refractivity contribution in [3.05, 3.63) is 71.8 Å². The lowest BCUT2D eigenvalue weighted by atomic mass is 9.83. The van der Waals surface area contributed by atoms with E-state index in [0.29, 0.717) is 10.7 Å². The SMILES string of the molecule is CN(C)C1=N[C@H]2[C@H](O[C@H]([C@@](CCc3ccccc3)(OCc3ccccc3)C(F)(F)F)C[C@@H]2O)S1. The molecule has 1 saturated heterocycles. The normalized spacial score (nSPS) is 26.5. The molecule has 2 aliphatic rings. The quantitative estimate of drug-likeness (QED) is 0.608. The first-order chi connectivity index (χ1) is 16.2. The maximum atomic E-state index is 14.9. The van der Waals surface area contributed by atoms with Crippen LogP contribution < -0.4 is 0 Å². The smallest absolute Gasteiger partial charge is 0.391 e. The van der Waals surface area contributed by atoms with E-state index in [-0.39, 0.29) is 25.9 Å². The van der Waals surface area contributed by atoms with Gasteiger partial charge in [-0.1, -0.05) is 72.4 Å². The van der Waals surface area contributed by atoms with Crippen molar-refractivity contribution in [2.75, 3.05) is 14.1 Å². The topological polar surface area (TPSA) is 54.3 Å². The summed E-state index contributed by atoms with van der Waals surface area (Å²) < 4.78 is 56.6. The third-order valence-electron chi connectivity index (χ3n) is 6.26. The van der Waals surface area contributed by atoms with E-state index in [1.807, 2.05) is 6.07 Å². The number of benzene rings is 2. The van der Waals surface area contributed by atoms with Crippen molar-refractivity contribution in [1.29, 1.82) is 0 Å². The average Bonchev–Trinajstić information content (AvgIpc) is 3.25. The number of rotatable bonds is 7. The summed E-state index contributed by atoms with van der Waals surface area (Å²) in [7, 11) is 3.60. The Labute approximate surface area is 202 Å². The Hall–Kier alpha value is -2.07. The molecule has 0 aliphatic carbocycles. The fourth-order valence-electron chi connectivity index (χ4n) is 4.36. The fraction of sp³-hybridized carbons (Fsp3) is 0.480. The lowest BCUT2D eigenvalue weighted by Gasteiger charge is -2.46. The fourth-order valence-corrected chi connectivity index (χ4v) is 5.53. The van der Waals surface area contributed by atoms with Gasteiger partial charge >= 0.3 is 6.18 Å². The number of aliphatic hydroxyl groups is 1. The monoisotopic (exact) mass is 494 g/mol. The van der Waals surface area contributed by atoms with Gasteiger partial charge in [-0.25, -0.2) is 0 Å². The van der Waals surface area contributed by atoms with Crippen LogP contribution in [0.2, 0.25) is 0 Å². The van der Waals surface area contributed by atoms with Crippen LogP contribution in [0.3, 0.4) is 0 Å². The van der Waals surface area contributed by atoms with Gasteiger partial charge in [-0.2, -0.15) is 13.2 Å². The Morgan fingerprint density at radius 1 is 1.06 bits per heavy atom. The van der Waals surface area contributed by atoms with Crippen LogP contribution >= 0.6 is 11.8 Å². The molecule has 0 radical (unpaired) electrons. The van der Waals surface area contributed by atoms with Crippen LogP contribution in [-0.4, -0.2) is 64.7 Å². The molecular formula is C25H29F3N2O3S. The Morgan fingerprint density at radius 2 is 1.68 bits per heavy atom. The minimum Gasteiger partial charge on any atom is -0.391 e. The summed E-state index contributed by atoms with van der Waals surface area (Å²) >= 11 is 1.24. The third-order valence-corrected chi connectivity index (χ3v) is 7.56. The molecule has 0 aromatic heterocycles. The van der Waals surface area contributed by atoms with Crippen molar-refractivity contribution in [2.24, 2.45) is 4.99 Å². The second kappa shape index (κ2) is 10.3. The molecule has 2 aromatic rings. The Kier molecular flexibility index (Phi) is 7.57. The van der Waals surface area contributed by atoms with Crippen molar-refractivity contribution < 1.29 is 27.8 Å². The van der Waals surface area contributed by atoms with Gasteiger partial charge in [0.1, 0.15) is 11.5 Å². The molecule has 0 amide bonds. The number of hydrogen-bond donors (Lipinski definition) is 1. The zero-order valence-electron chi connectivity index (χ0n) is 19.1. The molecule has 5 nitrogen and oxygen atoms in total. The van der Waals surface area contributed by atoms with Gasteiger partial charge in [-0.3, -0.25) is 4.99 Å². The number of hydrogen-bond acceptors (Lipinski definition) is 6. The van der Waals surface area contributed by atoms with E-state index in [1.54, 1.807) is 73.6 Å². The number of nitrogens with zero attached hydrogens (tertiary/aromatic N) is 2. The molecule has 184 valence electrons. The maximum absolute atomic E-state index is 14.9. The molecule has 0 spiro atoms. The van der Waals surface area contributed by atoms with Crippen LogP contribution in [0.25, 0.3) is 0 Å². The molecule has 1 N–H and O–H groups in total. The highest BCUT2D eigenvalue weighted by molar-refractivity contribution is 8.14. The van der Waals surface area contributed by atoms with Crippen molar-refractivity contribution in [2.45, 2.75) is 61.3 Å². The first kappa shape index (κ1) is 25.0. The minimum absolute atomic E-state index is 0.159. The molecule has 5 atom stereocenters. The first-order valence-corrected chi connectivity index (χ1v) is 12.1. The summed E-state index contributed by atoms with van der Waals surface area (Å²) in [6, 6.07) is 17.2. The number of halogens is 3. The molecule has 2 aromatic carbocycles. The summed E-state index contributed by atoms with van der Waals surface area (Å²) in [6.07, 6.45) is -7.54. The van der Waals surface area contributed by atoms with Crippen LogP contribution in [0, 0.1) is 0 Å². The van der Waals surface area contributed by atoms with E-state index in [9.17, 15) is 18.3 Å². The number of alkyl halides is 3. The van der Waals surface area contributed by atoms with Crippen molar-refractivity contribution in [1.82, 2.24) is 4.90 Å². The second-order valence-corrected chi connectivity index (χ2v) is 9.92. The van der Waals surface area contributed by atoms with Gasteiger partial charge in [-0.15, -0.1) is 0 Å². The zero-order chi connectivity index (χ0) is 24.3. The lowest BCUT2D eigenvalue weighted by Crippen LogP contribution is -2.62. The van der Waals surface area contributed by atoms with Crippen molar-refractivity contribution in [3.8, 4) is 0 Å². The molecule has 0 unspecified atom stereocenters. The number of aliphatic imine (C=N–C) groups is 1. The maximum Gasteiger partial charge on any atom is 0.420 e. The molecule has 34 heavy (non-hydrogen) atoms. The van der Waals surface area contributed by atoms with Crippen molar-refractivity contribution >= 4 is 16.9 Å². The molecular weight excluding hydrogens is 465 g/mol. The van der Waals surface area contributed by atoms with Gasteiger partial charge in [0.15, 0.2) is 10.8 Å². The summed E-state index contributed by atoms with van der Waals surface area (Å²) in [6.45, 7) is -0.216. The highest BCUT2D eigenvalue weighted by Gasteiger charge is 2.63. The van der Waals surface area contributed by atoms with Crippen LogP contribution in [0.15, 0.2) is 65.7 Å². The van der Waals surface area contributed by atoms with E-state index in [0.717, 1.165) is 5.56 Å². The van der Waals surface area contributed by atoms with Crippen molar-refractivity contribution in [3.63, 3.8) is 0 Å². The number of fused-ring (bicyclic) bond motifs is 1. The Balaban J connectivity index is 1.64. The highest BCUT2D eigenvalue weighted by Crippen LogP contribution is 2.48. The first-order valence-electron chi connectivity index (χ1n) is 11.2. The number of ether oxygens (including phenoxy) is 2. The van der Waals surface area contributed by atoms with E-state index >= 15 is 0 Å². The number of thioether (sulfide) groups is 1. The standard InChI is InChI=1S/C25H29F3N2O3S/c1-30(2)23-29-21-19(31)15-20(33-22(21)34-23)24(25(26,27)28,14-13-17-9-5-3-6-10-17)32-16-18-11-7-4-8-12-18/h3-12,19-22,31H,13-16H2,1-2H3/t19-,20-,21+,22+,24+/m0/s1. The van der Waals surface area contributed by atoms with E-state index in [2.05, 4.69) is 4.99 Å². The molecule has 0 bridgehead atoms. The van der Waals surface area contributed by atoms with Gasteiger partial charge in [0.2, 0.25) is 0 Å². The number of aryl methyl sites for hydroxylation is 1. The minimum atomic E-state index is -4.72. The summed E-state index contributed by atoms with van der Waals surface area (Å²) in [5.41, 5.74) is -1.88. The van der Waals surface area contributed by atoms with E-state index < -0.39 is 35.5 Å². The highest BCUT2D eigenvalue weighted by atomic mass is 32.2. The van der Waals surface area contributed by atoms with Crippen LogP contribution in [0.4, 0.5) is 13.2 Å². The summed E-state index contributed by atoms with van der Waals surface area (Å²) in [5.74, 6) is 0. The molecule has 2 heterocycles. The predicted octanol–water partition coefficient (Wildman–Crippen LogP) is 4.65.